The maximum atomic E-state index is 12.7. The Morgan fingerprint density at radius 3 is 2.32 bits per heavy atom. The fraction of sp³-hybridized carbons (Fsp3) is 0.435. The number of aromatic nitrogens is 1. The number of esters is 2. The lowest BCUT2D eigenvalue weighted by Gasteiger charge is -2.13. The number of hydrogen-bond acceptors (Lipinski definition) is 7. The van der Waals surface area contributed by atoms with Crippen LogP contribution in [0.4, 0.5) is 0 Å². The van der Waals surface area contributed by atoms with Crippen LogP contribution in [0, 0.1) is 13.8 Å². The maximum absolute atomic E-state index is 12.7. The molecule has 0 aliphatic heterocycles. The third kappa shape index (κ3) is 6.10. The maximum Gasteiger partial charge on any atom is 0.339 e. The van der Waals surface area contributed by atoms with E-state index in [0.29, 0.717) is 48.0 Å². The number of aromatic amines is 1. The molecule has 0 fully saturated rings. The molecule has 0 spiro atoms. The van der Waals surface area contributed by atoms with E-state index in [4.69, 9.17) is 18.9 Å². The van der Waals surface area contributed by atoms with Crippen LogP contribution in [0.15, 0.2) is 24.3 Å². The summed E-state index contributed by atoms with van der Waals surface area (Å²) in [6.45, 7) is 7.55. The first kappa shape index (κ1) is 24.0. The van der Waals surface area contributed by atoms with Crippen LogP contribution in [0.1, 0.15) is 58.8 Å². The number of carbonyl (C=O) groups excluding carboxylic acids is 3. The molecule has 31 heavy (non-hydrogen) atoms. The van der Waals surface area contributed by atoms with Crippen molar-refractivity contribution in [3.8, 4) is 11.5 Å². The standard InChI is InChI=1S/C23H29NO7/c1-6-29-17-10-7-8-11-18(17)30-13-9-12-19(25)31-16(4)22(26)21-14(2)20(15(3)24-21)23(27)28-5/h7-8,10-11,16,24H,6,9,12-13H2,1-5H3. The molecule has 2 aromatic rings. The van der Waals surface area contributed by atoms with Gasteiger partial charge in [-0.1, -0.05) is 12.1 Å². The van der Waals surface area contributed by atoms with E-state index in [2.05, 4.69) is 4.98 Å². The molecule has 0 aliphatic carbocycles. The Bertz CT molecular complexity index is 932. The first-order chi connectivity index (χ1) is 14.8. The Hall–Kier alpha value is -3.29. The number of Topliss-reactive ketones (excluding diaryl/α,β-unsaturated/α-hetero) is 1. The van der Waals surface area contributed by atoms with E-state index in [9.17, 15) is 14.4 Å². The normalized spacial score (nSPS) is 11.5. The predicted octanol–water partition coefficient (Wildman–Crippen LogP) is 3.79. The summed E-state index contributed by atoms with van der Waals surface area (Å²) in [5.41, 5.74) is 1.54. The summed E-state index contributed by atoms with van der Waals surface area (Å²) in [4.78, 5) is 39.6. The second-order valence-electron chi connectivity index (χ2n) is 6.94. The van der Waals surface area contributed by atoms with Gasteiger partial charge in [-0.25, -0.2) is 4.79 Å². The molecule has 0 aliphatic rings. The molecule has 1 aromatic heterocycles. The second-order valence-corrected chi connectivity index (χ2v) is 6.94. The summed E-state index contributed by atoms with van der Waals surface area (Å²) in [5.74, 6) is -0.182. The van der Waals surface area contributed by atoms with Gasteiger partial charge in [0.25, 0.3) is 0 Å². The largest absolute Gasteiger partial charge is 0.490 e. The number of ether oxygens (including phenoxy) is 4. The molecule has 0 saturated carbocycles. The molecule has 2 rings (SSSR count). The zero-order valence-corrected chi connectivity index (χ0v) is 18.6. The Labute approximate surface area is 181 Å². The highest BCUT2D eigenvalue weighted by Crippen LogP contribution is 2.26. The number of rotatable bonds is 11. The molecular weight excluding hydrogens is 402 g/mol. The lowest BCUT2D eigenvalue weighted by molar-refractivity contribution is -0.146. The van der Waals surface area contributed by atoms with Crippen molar-refractivity contribution in [1.29, 1.82) is 0 Å². The molecule has 0 bridgehead atoms. The van der Waals surface area contributed by atoms with Gasteiger partial charge in [0.1, 0.15) is 0 Å². The minimum atomic E-state index is -0.991. The van der Waals surface area contributed by atoms with Crippen molar-refractivity contribution in [2.24, 2.45) is 0 Å². The number of aryl methyl sites for hydroxylation is 1. The van der Waals surface area contributed by atoms with Crippen molar-refractivity contribution < 1.29 is 33.3 Å². The van der Waals surface area contributed by atoms with Gasteiger partial charge in [-0.05, 0) is 51.8 Å². The van der Waals surface area contributed by atoms with Gasteiger partial charge in [0.05, 0.1) is 31.6 Å². The predicted molar refractivity (Wildman–Crippen MR) is 114 cm³/mol. The van der Waals surface area contributed by atoms with E-state index in [1.54, 1.807) is 19.9 Å². The van der Waals surface area contributed by atoms with E-state index in [1.807, 2.05) is 25.1 Å². The first-order valence-corrected chi connectivity index (χ1v) is 10.2. The van der Waals surface area contributed by atoms with E-state index in [1.165, 1.54) is 14.0 Å². The van der Waals surface area contributed by atoms with Crippen LogP contribution in [0.3, 0.4) is 0 Å². The van der Waals surface area contributed by atoms with Crippen molar-refractivity contribution in [3.63, 3.8) is 0 Å². The minimum Gasteiger partial charge on any atom is -0.490 e. The van der Waals surface area contributed by atoms with Crippen molar-refractivity contribution in [3.05, 3.63) is 46.8 Å². The van der Waals surface area contributed by atoms with Crippen molar-refractivity contribution in [2.75, 3.05) is 20.3 Å². The van der Waals surface area contributed by atoms with Crippen LogP contribution in [-0.2, 0) is 14.3 Å². The molecular formula is C23H29NO7. The number of methoxy groups -OCH3 is 1. The van der Waals surface area contributed by atoms with Gasteiger partial charge in [0, 0.05) is 12.1 Å². The lowest BCUT2D eigenvalue weighted by Crippen LogP contribution is -2.25. The number of carbonyl (C=O) groups is 3. The zero-order valence-electron chi connectivity index (χ0n) is 18.6. The molecule has 8 nitrogen and oxygen atoms in total. The fourth-order valence-corrected chi connectivity index (χ4v) is 3.16. The molecule has 8 heteroatoms. The Balaban J connectivity index is 1.86. The molecule has 1 N–H and O–H groups in total. The minimum absolute atomic E-state index is 0.102. The summed E-state index contributed by atoms with van der Waals surface area (Å²) < 4.78 is 21.2. The van der Waals surface area contributed by atoms with Crippen LogP contribution in [0.25, 0.3) is 0 Å². The molecule has 1 aromatic carbocycles. The number of ketones is 1. The van der Waals surface area contributed by atoms with Gasteiger partial charge < -0.3 is 23.9 Å². The molecule has 168 valence electrons. The lowest BCUT2D eigenvalue weighted by atomic mass is 10.1. The third-order valence-corrected chi connectivity index (χ3v) is 4.68. The van der Waals surface area contributed by atoms with E-state index < -0.39 is 23.8 Å². The Kier molecular flexibility index (Phi) is 8.66. The van der Waals surface area contributed by atoms with E-state index in [-0.39, 0.29) is 12.1 Å². The van der Waals surface area contributed by atoms with Gasteiger partial charge >= 0.3 is 11.9 Å². The summed E-state index contributed by atoms with van der Waals surface area (Å²) in [6.07, 6.45) is -0.466. The Morgan fingerprint density at radius 1 is 1.06 bits per heavy atom. The van der Waals surface area contributed by atoms with Gasteiger partial charge in [-0.3, -0.25) is 9.59 Å². The van der Waals surface area contributed by atoms with Crippen LogP contribution < -0.4 is 9.47 Å². The van der Waals surface area contributed by atoms with E-state index in [0.717, 1.165) is 0 Å². The fourth-order valence-electron chi connectivity index (χ4n) is 3.16. The third-order valence-electron chi connectivity index (χ3n) is 4.68. The smallest absolute Gasteiger partial charge is 0.339 e. The summed E-state index contributed by atoms with van der Waals surface area (Å²) >= 11 is 0. The summed E-state index contributed by atoms with van der Waals surface area (Å²) in [5, 5.41) is 0. The van der Waals surface area contributed by atoms with Crippen LogP contribution in [-0.4, -0.2) is 49.1 Å². The van der Waals surface area contributed by atoms with Crippen molar-refractivity contribution in [1.82, 2.24) is 4.98 Å². The second kappa shape index (κ2) is 11.2. The monoisotopic (exact) mass is 431 g/mol. The highest BCUT2D eigenvalue weighted by atomic mass is 16.5. The van der Waals surface area contributed by atoms with E-state index >= 15 is 0 Å². The SMILES string of the molecule is CCOc1ccccc1OCCCC(=O)OC(C)C(=O)c1[nH]c(C)c(C(=O)OC)c1C. The van der Waals surface area contributed by atoms with Gasteiger partial charge in [-0.15, -0.1) is 0 Å². The molecule has 0 radical (unpaired) electrons. The zero-order chi connectivity index (χ0) is 23.0. The van der Waals surface area contributed by atoms with Crippen LogP contribution in [0.2, 0.25) is 0 Å². The number of nitrogens with one attached hydrogen (secondary N) is 1. The summed E-state index contributed by atoms with van der Waals surface area (Å²) in [7, 11) is 1.28. The Morgan fingerprint density at radius 2 is 1.71 bits per heavy atom. The molecule has 1 heterocycles. The van der Waals surface area contributed by atoms with Gasteiger partial charge in [-0.2, -0.15) is 0 Å². The molecule has 1 atom stereocenters. The molecule has 0 saturated heterocycles. The number of para-hydroxylation sites is 2. The van der Waals surface area contributed by atoms with Gasteiger partial charge in [0.15, 0.2) is 17.6 Å². The quantitative estimate of drug-likeness (QED) is 0.328. The highest BCUT2D eigenvalue weighted by molar-refractivity contribution is 6.03. The first-order valence-electron chi connectivity index (χ1n) is 10.2. The molecule has 0 amide bonds. The van der Waals surface area contributed by atoms with Gasteiger partial charge in [0.2, 0.25) is 5.78 Å². The number of hydrogen-bond donors (Lipinski definition) is 1. The number of H-pyrrole nitrogens is 1. The number of benzene rings is 1. The molecule has 1 unspecified atom stereocenters. The van der Waals surface area contributed by atoms with Crippen molar-refractivity contribution in [2.45, 2.75) is 46.6 Å². The topological polar surface area (TPSA) is 104 Å². The van der Waals surface area contributed by atoms with Crippen LogP contribution >= 0.6 is 0 Å². The average Bonchev–Trinajstić information content (AvgIpc) is 3.05. The highest BCUT2D eigenvalue weighted by Gasteiger charge is 2.27. The summed E-state index contributed by atoms with van der Waals surface area (Å²) in [6, 6.07) is 7.31. The van der Waals surface area contributed by atoms with Crippen molar-refractivity contribution >= 4 is 17.7 Å². The van der Waals surface area contributed by atoms with Crippen LogP contribution in [0.5, 0.6) is 11.5 Å². The average molecular weight is 431 g/mol.